The summed E-state index contributed by atoms with van der Waals surface area (Å²) in [7, 11) is 0. The standard InChI is InChI=1S/C57H40N2/c1-5-21-45(22-6-1)57(46-23-7-2-8-24-46)55-39-51(58(47-25-9-3-10-26-47)49-31-29-41-17-13-15-19-43(41)37-49)33-35-53(55)54-36-34-52(40-56(54)57)59(48-27-11-4-12-28-48)50-32-30-42-18-14-16-20-44(42)38-50/h1-40H. The molecule has 0 spiro atoms. The molecule has 11 rings (SSSR count). The molecule has 0 heterocycles. The van der Waals surface area contributed by atoms with Gasteiger partial charge in [0, 0.05) is 34.1 Å². The van der Waals surface area contributed by atoms with Crippen LogP contribution in [0.2, 0.25) is 0 Å². The van der Waals surface area contributed by atoms with Gasteiger partial charge in [-0.2, -0.15) is 0 Å². The summed E-state index contributed by atoms with van der Waals surface area (Å²) in [5, 5.41) is 4.88. The Balaban J connectivity index is 1.17. The van der Waals surface area contributed by atoms with Crippen molar-refractivity contribution in [3.05, 3.63) is 265 Å². The minimum Gasteiger partial charge on any atom is -0.310 e. The first-order valence-corrected chi connectivity index (χ1v) is 20.3. The van der Waals surface area contributed by atoms with E-state index in [2.05, 4.69) is 252 Å². The molecule has 59 heavy (non-hydrogen) atoms. The quantitative estimate of drug-likeness (QED) is 0.152. The van der Waals surface area contributed by atoms with Gasteiger partial charge in [0.1, 0.15) is 0 Å². The molecule has 0 atom stereocenters. The number of anilines is 6. The highest BCUT2D eigenvalue weighted by Gasteiger charge is 2.47. The van der Waals surface area contributed by atoms with Crippen molar-refractivity contribution in [1.82, 2.24) is 0 Å². The average molecular weight is 753 g/mol. The first-order valence-electron chi connectivity index (χ1n) is 20.3. The van der Waals surface area contributed by atoms with Crippen molar-refractivity contribution in [1.29, 1.82) is 0 Å². The van der Waals surface area contributed by atoms with Gasteiger partial charge < -0.3 is 9.80 Å². The topological polar surface area (TPSA) is 6.48 Å². The van der Waals surface area contributed by atoms with Gasteiger partial charge in [-0.1, -0.05) is 170 Å². The van der Waals surface area contributed by atoms with Crippen LogP contribution >= 0.6 is 0 Å². The van der Waals surface area contributed by atoms with Crippen molar-refractivity contribution in [3.8, 4) is 11.1 Å². The lowest BCUT2D eigenvalue weighted by atomic mass is 9.67. The Hall–Kier alpha value is -7.68. The molecule has 0 aliphatic heterocycles. The van der Waals surface area contributed by atoms with Crippen LogP contribution < -0.4 is 9.80 Å². The van der Waals surface area contributed by atoms with E-state index < -0.39 is 5.41 Å². The number of para-hydroxylation sites is 2. The van der Waals surface area contributed by atoms with Crippen molar-refractivity contribution in [2.24, 2.45) is 0 Å². The Labute approximate surface area is 345 Å². The monoisotopic (exact) mass is 752 g/mol. The van der Waals surface area contributed by atoms with Crippen molar-refractivity contribution in [2.45, 2.75) is 5.41 Å². The third-order valence-corrected chi connectivity index (χ3v) is 12.0. The first-order chi connectivity index (χ1) is 29.3. The summed E-state index contributed by atoms with van der Waals surface area (Å²) in [6.45, 7) is 0. The molecule has 0 N–H and O–H groups in total. The molecule has 0 saturated heterocycles. The van der Waals surface area contributed by atoms with Gasteiger partial charge in [-0.05, 0) is 128 Å². The molecule has 1 aliphatic rings. The van der Waals surface area contributed by atoms with Crippen molar-refractivity contribution >= 4 is 55.7 Å². The minimum atomic E-state index is -0.614. The first kappa shape index (κ1) is 34.6. The summed E-state index contributed by atoms with van der Waals surface area (Å²) in [6, 6.07) is 88.7. The number of hydrogen-bond acceptors (Lipinski definition) is 2. The van der Waals surface area contributed by atoms with E-state index in [4.69, 9.17) is 0 Å². The predicted molar refractivity (Wildman–Crippen MR) is 248 cm³/mol. The highest BCUT2D eigenvalue weighted by Crippen LogP contribution is 2.58. The van der Waals surface area contributed by atoms with Crippen molar-refractivity contribution in [3.63, 3.8) is 0 Å². The summed E-state index contributed by atoms with van der Waals surface area (Å²) in [6.07, 6.45) is 0. The van der Waals surface area contributed by atoms with Gasteiger partial charge in [0.25, 0.3) is 0 Å². The third-order valence-electron chi connectivity index (χ3n) is 12.0. The molecule has 10 aromatic rings. The van der Waals surface area contributed by atoms with E-state index in [9.17, 15) is 0 Å². The highest BCUT2D eigenvalue weighted by atomic mass is 15.1. The van der Waals surface area contributed by atoms with Crippen LogP contribution in [0.15, 0.2) is 243 Å². The van der Waals surface area contributed by atoms with Crippen LogP contribution in [-0.2, 0) is 5.41 Å². The molecular formula is C57H40N2. The average Bonchev–Trinajstić information content (AvgIpc) is 3.60. The van der Waals surface area contributed by atoms with Gasteiger partial charge in [-0.15, -0.1) is 0 Å². The molecule has 10 aromatic carbocycles. The number of benzene rings is 10. The predicted octanol–water partition coefficient (Wildman–Crippen LogP) is 15.3. The molecule has 0 saturated carbocycles. The summed E-state index contributed by atoms with van der Waals surface area (Å²) < 4.78 is 0. The molecule has 0 aromatic heterocycles. The second-order valence-corrected chi connectivity index (χ2v) is 15.3. The normalized spacial score (nSPS) is 12.5. The molecule has 278 valence electrons. The maximum absolute atomic E-state index is 2.45. The maximum atomic E-state index is 2.45. The van der Waals surface area contributed by atoms with Crippen molar-refractivity contribution in [2.75, 3.05) is 9.80 Å². The van der Waals surface area contributed by atoms with Gasteiger partial charge in [-0.3, -0.25) is 0 Å². The Morgan fingerprint density at radius 2 is 0.559 bits per heavy atom. The van der Waals surface area contributed by atoms with Crippen LogP contribution in [0.3, 0.4) is 0 Å². The van der Waals surface area contributed by atoms with Gasteiger partial charge in [0.05, 0.1) is 5.41 Å². The summed E-state index contributed by atoms with van der Waals surface area (Å²) >= 11 is 0. The lowest BCUT2D eigenvalue weighted by Gasteiger charge is -2.35. The fourth-order valence-corrected chi connectivity index (χ4v) is 9.42. The number of fused-ring (bicyclic) bond motifs is 5. The molecular weight excluding hydrogens is 713 g/mol. The zero-order chi connectivity index (χ0) is 39.2. The van der Waals surface area contributed by atoms with Crippen LogP contribution in [0.4, 0.5) is 34.1 Å². The van der Waals surface area contributed by atoms with Crippen molar-refractivity contribution < 1.29 is 0 Å². The summed E-state index contributed by atoms with van der Waals surface area (Å²) in [5.74, 6) is 0. The summed E-state index contributed by atoms with van der Waals surface area (Å²) in [4.78, 5) is 4.80. The maximum Gasteiger partial charge on any atom is 0.0715 e. The van der Waals surface area contributed by atoms with E-state index in [-0.39, 0.29) is 0 Å². The number of hydrogen-bond donors (Lipinski definition) is 0. The van der Waals surface area contributed by atoms with E-state index >= 15 is 0 Å². The van der Waals surface area contributed by atoms with Gasteiger partial charge in [0.15, 0.2) is 0 Å². The van der Waals surface area contributed by atoms with E-state index in [0.29, 0.717) is 0 Å². The SMILES string of the molecule is c1ccc(N(c2ccc3c(c2)C(c2ccccc2)(c2ccccc2)c2cc(N(c4ccccc4)c4ccc5ccccc5c4)ccc2-3)c2ccc3ccccc3c2)cc1. The fraction of sp³-hybridized carbons (Fsp3) is 0.0175. The minimum absolute atomic E-state index is 0.614. The molecule has 0 fully saturated rings. The Morgan fingerprint density at radius 1 is 0.237 bits per heavy atom. The second kappa shape index (κ2) is 14.4. The van der Waals surface area contributed by atoms with E-state index in [1.807, 2.05) is 0 Å². The number of rotatable bonds is 8. The smallest absolute Gasteiger partial charge is 0.0715 e. The van der Waals surface area contributed by atoms with E-state index in [1.54, 1.807) is 0 Å². The number of nitrogens with zero attached hydrogens (tertiary/aromatic N) is 2. The molecule has 2 nitrogen and oxygen atoms in total. The van der Waals surface area contributed by atoms with E-state index in [1.165, 1.54) is 54.9 Å². The fourth-order valence-electron chi connectivity index (χ4n) is 9.42. The lowest BCUT2D eigenvalue weighted by Crippen LogP contribution is -2.29. The highest BCUT2D eigenvalue weighted by molar-refractivity contribution is 5.94. The van der Waals surface area contributed by atoms with Gasteiger partial charge in [0.2, 0.25) is 0 Å². The van der Waals surface area contributed by atoms with Gasteiger partial charge in [-0.25, -0.2) is 0 Å². The zero-order valence-electron chi connectivity index (χ0n) is 32.5. The second-order valence-electron chi connectivity index (χ2n) is 15.3. The lowest BCUT2D eigenvalue weighted by molar-refractivity contribution is 0.768. The Kier molecular flexibility index (Phi) is 8.41. The molecule has 1 aliphatic carbocycles. The molecule has 0 bridgehead atoms. The van der Waals surface area contributed by atoms with Crippen LogP contribution in [0.1, 0.15) is 22.3 Å². The molecule has 0 amide bonds. The molecule has 0 unspecified atom stereocenters. The van der Waals surface area contributed by atoms with Crippen LogP contribution in [-0.4, -0.2) is 0 Å². The van der Waals surface area contributed by atoms with Crippen LogP contribution in [0, 0.1) is 0 Å². The summed E-state index contributed by atoms with van der Waals surface area (Å²) in [5.41, 5.74) is 13.5. The Morgan fingerprint density at radius 3 is 0.966 bits per heavy atom. The molecule has 0 radical (unpaired) electrons. The largest absolute Gasteiger partial charge is 0.310 e. The van der Waals surface area contributed by atoms with Crippen LogP contribution in [0.5, 0.6) is 0 Å². The van der Waals surface area contributed by atoms with Crippen LogP contribution in [0.25, 0.3) is 32.7 Å². The van der Waals surface area contributed by atoms with Gasteiger partial charge >= 0.3 is 0 Å². The zero-order valence-corrected chi connectivity index (χ0v) is 32.5. The Bertz CT molecular complexity index is 2890. The van der Waals surface area contributed by atoms with E-state index in [0.717, 1.165) is 34.1 Å². The third kappa shape index (κ3) is 5.80. The molecule has 2 heteroatoms.